The number of ether oxygens (including phenoxy) is 2. The third-order valence-corrected chi connectivity index (χ3v) is 1.26. The van der Waals surface area contributed by atoms with Gasteiger partial charge in [0.05, 0.1) is 18.5 Å². The predicted molar refractivity (Wildman–Crippen MR) is 35.1 cm³/mol. The molecular weight excluding hydrogens is 116 g/mol. The second-order valence-electron chi connectivity index (χ2n) is 2.20. The molecule has 0 amide bonds. The Balaban J connectivity index is 2.49. The maximum absolute atomic E-state index is 5.27. The molecule has 0 aromatic rings. The van der Waals surface area contributed by atoms with Crippen LogP contribution in [0.15, 0.2) is 11.8 Å². The lowest BCUT2D eigenvalue weighted by Gasteiger charge is -2.01. The molecule has 0 N–H and O–H groups in total. The number of hydrogen-bond donors (Lipinski definition) is 0. The van der Waals surface area contributed by atoms with Crippen LogP contribution in [0.1, 0.15) is 13.8 Å². The Labute approximate surface area is 55.5 Å². The maximum Gasteiger partial charge on any atom is 0.111 e. The summed E-state index contributed by atoms with van der Waals surface area (Å²) in [6, 6.07) is 0. The van der Waals surface area contributed by atoms with Gasteiger partial charge in [0, 0.05) is 0 Å². The highest BCUT2D eigenvalue weighted by molar-refractivity contribution is 4.94. The summed E-state index contributed by atoms with van der Waals surface area (Å²) < 4.78 is 10.5. The van der Waals surface area contributed by atoms with Crippen molar-refractivity contribution in [1.29, 1.82) is 0 Å². The van der Waals surface area contributed by atoms with E-state index < -0.39 is 0 Å². The number of hydrogen-bond acceptors (Lipinski definition) is 2. The minimum atomic E-state index is 0.215. The minimum absolute atomic E-state index is 0.215. The van der Waals surface area contributed by atoms with Gasteiger partial charge in [-0.1, -0.05) is 0 Å². The van der Waals surface area contributed by atoms with Crippen LogP contribution in [-0.4, -0.2) is 19.3 Å². The lowest BCUT2D eigenvalue weighted by atomic mass is 10.3. The Bertz CT molecular complexity index is 118. The van der Waals surface area contributed by atoms with Crippen molar-refractivity contribution in [3.05, 3.63) is 11.8 Å². The Morgan fingerprint density at radius 1 is 1.56 bits per heavy atom. The highest BCUT2D eigenvalue weighted by atomic mass is 16.5. The summed E-state index contributed by atoms with van der Waals surface area (Å²) in [5.41, 5.74) is 0. The molecule has 2 nitrogen and oxygen atoms in total. The van der Waals surface area contributed by atoms with Gasteiger partial charge in [0.2, 0.25) is 0 Å². The van der Waals surface area contributed by atoms with Crippen LogP contribution in [0.5, 0.6) is 0 Å². The Morgan fingerprint density at radius 3 is 3.11 bits per heavy atom. The fraction of sp³-hybridized carbons (Fsp3) is 0.714. The zero-order valence-electron chi connectivity index (χ0n) is 5.89. The molecule has 1 aliphatic rings. The lowest BCUT2D eigenvalue weighted by molar-refractivity contribution is 0.0713. The van der Waals surface area contributed by atoms with Crippen molar-refractivity contribution in [2.45, 2.75) is 20.0 Å². The molecule has 0 aromatic carbocycles. The van der Waals surface area contributed by atoms with Crippen molar-refractivity contribution >= 4 is 0 Å². The minimum Gasteiger partial charge on any atom is -0.496 e. The van der Waals surface area contributed by atoms with Gasteiger partial charge in [0.25, 0.3) is 0 Å². The largest absolute Gasteiger partial charge is 0.496 e. The van der Waals surface area contributed by atoms with Gasteiger partial charge in [-0.25, -0.2) is 0 Å². The number of allylic oxidation sites excluding steroid dienone is 1. The molecule has 0 aliphatic carbocycles. The summed E-state index contributed by atoms with van der Waals surface area (Å²) in [4.78, 5) is 0. The first-order valence-electron chi connectivity index (χ1n) is 3.22. The molecule has 0 radical (unpaired) electrons. The molecule has 2 heteroatoms. The fourth-order valence-corrected chi connectivity index (χ4v) is 0.863. The van der Waals surface area contributed by atoms with Gasteiger partial charge in [-0.05, 0) is 19.9 Å². The highest BCUT2D eigenvalue weighted by Gasteiger charge is 2.03. The third-order valence-electron chi connectivity index (χ3n) is 1.26. The average molecular weight is 128 g/mol. The molecule has 9 heavy (non-hydrogen) atoms. The lowest BCUT2D eigenvalue weighted by Crippen LogP contribution is -2.05. The van der Waals surface area contributed by atoms with E-state index in [2.05, 4.69) is 0 Å². The SMILES string of the molecule is CC1=CC(C)OCCO1. The van der Waals surface area contributed by atoms with E-state index in [0.29, 0.717) is 13.2 Å². The van der Waals surface area contributed by atoms with Crippen molar-refractivity contribution in [1.82, 2.24) is 0 Å². The maximum atomic E-state index is 5.27. The third kappa shape index (κ3) is 2.06. The molecular formula is C7H12O2. The van der Waals surface area contributed by atoms with E-state index in [1.807, 2.05) is 19.9 Å². The van der Waals surface area contributed by atoms with E-state index in [1.54, 1.807) is 0 Å². The first kappa shape index (κ1) is 6.62. The molecule has 0 aromatic heterocycles. The van der Waals surface area contributed by atoms with Gasteiger partial charge in [0.15, 0.2) is 0 Å². The summed E-state index contributed by atoms with van der Waals surface area (Å²) in [6.07, 6.45) is 2.19. The molecule has 1 heterocycles. The molecule has 1 atom stereocenters. The molecule has 1 aliphatic heterocycles. The Hall–Kier alpha value is -0.500. The van der Waals surface area contributed by atoms with Gasteiger partial charge < -0.3 is 9.47 Å². The molecule has 0 fully saturated rings. The van der Waals surface area contributed by atoms with Crippen LogP contribution in [-0.2, 0) is 9.47 Å². The summed E-state index contributed by atoms with van der Waals surface area (Å²) in [6.45, 7) is 5.35. The van der Waals surface area contributed by atoms with E-state index in [0.717, 1.165) is 5.76 Å². The number of rotatable bonds is 0. The normalized spacial score (nSPS) is 28.2. The highest BCUT2D eigenvalue weighted by Crippen LogP contribution is 2.05. The molecule has 52 valence electrons. The van der Waals surface area contributed by atoms with E-state index >= 15 is 0 Å². The molecule has 0 bridgehead atoms. The van der Waals surface area contributed by atoms with Crippen LogP contribution in [0.25, 0.3) is 0 Å². The second kappa shape index (κ2) is 2.87. The van der Waals surface area contributed by atoms with E-state index in [4.69, 9.17) is 9.47 Å². The first-order chi connectivity index (χ1) is 4.29. The smallest absolute Gasteiger partial charge is 0.111 e. The molecule has 0 saturated carbocycles. The zero-order valence-corrected chi connectivity index (χ0v) is 5.89. The van der Waals surface area contributed by atoms with E-state index in [-0.39, 0.29) is 6.10 Å². The monoisotopic (exact) mass is 128 g/mol. The molecule has 0 spiro atoms. The zero-order chi connectivity index (χ0) is 6.69. The summed E-state index contributed by atoms with van der Waals surface area (Å²) >= 11 is 0. The first-order valence-corrected chi connectivity index (χ1v) is 3.22. The van der Waals surface area contributed by atoms with Crippen LogP contribution in [0.3, 0.4) is 0 Å². The van der Waals surface area contributed by atoms with Gasteiger partial charge >= 0.3 is 0 Å². The standard InChI is InChI=1S/C7H12O2/c1-6-5-7(2)9-4-3-8-6/h5-6H,3-4H2,1-2H3. The van der Waals surface area contributed by atoms with Gasteiger partial charge in [-0.15, -0.1) is 0 Å². The molecule has 1 unspecified atom stereocenters. The van der Waals surface area contributed by atoms with Crippen LogP contribution in [0.2, 0.25) is 0 Å². The molecule has 1 rings (SSSR count). The van der Waals surface area contributed by atoms with Crippen molar-refractivity contribution in [3.63, 3.8) is 0 Å². The van der Waals surface area contributed by atoms with Crippen LogP contribution < -0.4 is 0 Å². The Kier molecular flexibility index (Phi) is 2.11. The van der Waals surface area contributed by atoms with Gasteiger partial charge in [-0.3, -0.25) is 0 Å². The van der Waals surface area contributed by atoms with Crippen molar-refractivity contribution in [2.75, 3.05) is 13.2 Å². The summed E-state index contributed by atoms with van der Waals surface area (Å²) in [7, 11) is 0. The summed E-state index contributed by atoms with van der Waals surface area (Å²) in [5, 5.41) is 0. The average Bonchev–Trinajstić information content (AvgIpc) is 1.93. The quantitative estimate of drug-likeness (QED) is 0.490. The van der Waals surface area contributed by atoms with Crippen LogP contribution in [0, 0.1) is 0 Å². The topological polar surface area (TPSA) is 18.5 Å². The molecule has 0 saturated heterocycles. The second-order valence-corrected chi connectivity index (χ2v) is 2.20. The van der Waals surface area contributed by atoms with E-state index in [1.165, 1.54) is 0 Å². The van der Waals surface area contributed by atoms with Gasteiger partial charge in [0.1, 0.15) is 6.61 Å². The fourth-order valence-electron chi connectivity index (χ4n) is 0.863. The van der Waals surface area contributed by atoms with Crippen molar-refractivity contribution < 1.29 is 9.47 Å². The van der Waals surface area contributed by atoms with Crippen molar-refractivity contribution in [3.8, 4) is 0 Å². The van der Waals surface area contributed by atoms with Gasteiger partial charge in [-0.2, -0.15) is 0 Å². The Morgan fingerprint density at radius 2 is 2.33 bits per heavy atom. The van der Waals surface area contributed by atoms with Crippen LogP contribution in [0.4, 0.5) is 0 Å². The van der Waals surface area contributed by atoms with Crippen LogP contribution >= 0.6 is 0 Å². The van der Waals surface area contributed by atoms with Crippen molar-refractivity contribution in [2.24, 2.45) is 0 Å². The predicted octanol–water partition coefficient (Wildman–Crippen LogP) is 1.33. The summed E-state index contributed by atoms with van der Waals surface area (Å²) in [5.74, 6) is 0.972. The van der Waals surface area contributed by atoms with E-state index in [9.17, 15) is 0 Å².